The summed E-state index contributed by atoms with van der Waals surface area (Å²) in [7, 11) is 4.14. The number of carbonyl (C=O) groups excluding carboxylic acids is 6. The third-order valence-corrected chi connectivity index (χ3v) is 7.31. The molecule has 7 atom stereocenters. The van der Waals surface area contributed by atoms with E-state index in [1.165, 1.54) is 41.9 Å². The quantitative estimate of drug-likeness (QED) is 0.377. The highest BCUT2D eigenvalue weighted by atomic mass is 16.6. The highest BCUT2D eigenvalue weighted by molar-refractivity contribution is 5.92. The predicted octanol–water partition coefficient (Wildman–Crippen LogP) is 1.000. The van der Waals surface area contributed by atoms with Crippen molar-refractivity contribution in [1.29, 1.82) is 0 Å². The molecule has 1 saturated heterocycles. The zero-order valence-corrected chi connectivity index (χ0v) is 24.2. The van der Waals surface area contributed by atoms with Crippen molar-refractivity contribution >= 4 is 35.6 Å². The number of likely N-dealkylation sites (N-methyl/N-ethyl adjacent to an activating group) is 3. The van der Waals surface area contributed by atoms with Crippen LogP contribution in [0, 0.1) is 11.8 Å². The molecule has 3 amide bonds. The van der Waals surface area contributed by atoms with E-state index in [1.807, 2.05) is 13.8 Å². The monoisotopic (exact) mass is 541 g/mol. The van der Waals surface area contributed by atoms with Gasteiger partial charge in [-0.15, -0.1) is 0 Å². The van der Waals surface area contributed by atoms with Crippen LogP contribution < -0.4 is 0 Å². The van der Waals surface area contributed by atoms with E-state index in [-0.39, 0.29) is 11.8 Å². The molecule has 12 heteroatoms. The lowest BCUT2D eigenvalue weighted by molar-refractivity contribution is -0.174. The number of ether oxygens (including phenoxy) is 3. The van der Waals surface area contributed by atoms with Gasteiger partial charge in [-0.25, -0.2) is 14.4 Å². The molecule has 1 aliphatic rings. The van der Waals surface area contributed by atoms with E-state index in [9.17, 15) is 28.8 Å². The number of nitrogens with zero attached hydrogens (tertiary/aromatic N) is 3. The van der Waals surface area contributed by atoms with Crippen molar-refractivity contribution in [2.45, 2.75) is 91.6 Å². The Morgan fingerprint density at radius 1 is 0.684 bits per heavy atom. The maximum atomic E-state index is 13.2. The molecule has 216 valence electrons. The Kier molecular flexibility index (Phi) is 12.2. The lowest BCUT2D eigenvalue weighted by Crippen LogP contribution is -2.54. The summed E-state index contributed by atoms with van der Waals surface area (Å²) in [5, 5.41) is 0. The molecule has 38 heavy (non-hydrogen) atoms. The fourth-order valence-corrected chi connectivity index (χ4v) is 4.15. The summed E-state index contributed by atoms with van der Waals surface area (Å²) >= 11 is 0. The molecule has 0 spiro atoms. The van der Waals surface area contributed by atoms with Crippen molar-refractivity contribution in [3.63, 3.8) is 0 Å². The second-order valence-electron chi connectivity index (χ2n) is 10.0. The summed E-state index contributed by atoms with van der Waals surface area (Å²) in [5.41, 5.74) is 0. The Balaban J connectivity index is 3.50. The second-order valence-corrected chi connectivity index (χ2v) is 10.0. The van der Waals surface area contributed by atoms with Crippen LogP contribution in [0.1, 0.15) is 61.3 Å². The largest absolute Gasteiger partial charge is 0.454 e. The summed E-state index contributed by atoms with van der Waals surface area (Å²) in [6, 6.07) is -3.21. The Labute approximate surface area is 224 Å². The predicted molar refractivity (Wildman–Crippen MR) is 136 cm³/mol. The summed E-state index contributed by atoms with van der Waals surface area (Å²) in [4.78, 5) is 81.3. The molecule has 0 aliphatic carbocycles. The van der Waals surface area contributed by atoms with Crippen LogP contribution in [0.15, 0.2) is 0 Å². The first-order chi connectivity index (χ1) is 17.6. The summed E-state index contributed by atoms with van der Waals surface area (Å²) in [6.45, 7) is 10.7. The molecule has 1 fully saturated rings. The van der Waals surface area contributed by atoms with Gasteiger partial charge in [0.25, 0.3) is 17.7 Å². The van der Waals surface area contributed by atoms with Crippen molar-refractivity contribution in [3.05, 3.63) is 0 Å². The molecule has 0 bridgehead atoms. The summed E-state index contributed by atoms with van der Waals surface area (Å²) < 4.78 is 16.0. The molecule has 0 aromatic heterocycles. The van der Waals surface area contributed by atoms with Crippen LogP contribution in [0.2, 0.25) is 0 Å². The van der Waals surface area contributed by atoms with Crippen LogP contribution in [-0.4, -0.2) is 108 Å². The van der Waals surface area contributed by atoms with Gasteiger partial charge in [-0.3, -0.25) is 14.4 Å². The molecule has 0 aromatic carbocycles. The molecule has 0 N–H and O–H groups in total. The summed E-state index contributed by atoms with van der Waals surface area (Å²) in [5.74, 6) is -5.10. The third-order valence-electron chi connectivity index (χ3n) is 7.31. The van der Waals surface area contributed by atoms with Crippen LogP contribution in [-0.2, 0) is 43.0 Å². The normalized spacial score (nSPS) is 29.2. The number of amides is 3. The lowest BCUT2D eigenvalue weighted by atomic mass is 9.97. The van der Waals surface area contributed by atoms with E-state index < -0.39 is 72.6 Å². The number of cyclic esters (lactones) is 3. The van der Waals surface area contributed by atoms with Gasteiger partial charge in [0.2, 0.25) is 0 Å². The number of esters is 3. The molecular weight excluding hydrogens is 498 g/mol. The maximum Gasteiger partial charge on any atom is 0.329 e. The van der Waals surface area contributed by atoms with Crippen molar-refractivity contribution in [2.24, 2.45) is 11.8 Å². The fraction of sp³-hybridized carbons (Fsp3) is 0.769. The van der Waals surface area contributed by atoms with Crippen LogP contribution in [0.4, 0.5) is 0 Å². The molecular formula is C26H43N3O9. The van der Waals surface area contributed by atoms with Gasteiger partial charge in [-0.2, -0.15) is 0 Å². The van der Waals surface area contributed by atoms with Crippen molar-refractivity contribution in [3.8, 4) is 0 Å². The Bertz CT molecular complexity index is 908. The third kappa shape index (κ3) is 7.67. The van der Waals surface area contributed by atoms with Crippen molar-refractivity contribution in [1.82, 2.24) is 14.7 Å². The number of hydrogen-bond donors (Lipinski definition) is 0. The smallest absolute Gasteiger partial charge is 0.329 e. The minimum Gasteiger partial charge on any atom is -0.454 e. The van der Waals surface area contributed by atoms with E-state index in [1.54, 1.807) is 13.8 Å². The molecule has 0 aromatic rings. The van der Waals surface area contributed by atoms with E-state index in [0.29, 0.717) is 12.8 Å². The number of carbonyl (C=O) groups is 6. The van der Waals surface area contributed by atoms with Gasteiger partial charge in [0.05, 0.1) is 0 Å². The van der Waals surface area contributed by atoms with Crippen LogP contribution in [0.25, 0.3) is 0 Å². The highest BCUT2D eigenvalue weighted by Gasteiger charge is 2.40. The highest BCUT2D eigenvalue weighted by Crippen LogP contribution is 2.21. The molecule has 12 nitrogen and oxygen atoms in total. The van der Waals surface area contributed by atoms with Gasteiger partial charge in [-0.1, -0.05) is 40.5 Å². The van der Waals surface area contributed by atoms with Crippen LogP contribution in [0.3, 0.4) is 0 Å². The Morgan fingerprint density at radius 3 is 1.50 bits per heavy atom. The summed E-state index contributed by atoms with van der Waals surface area (Å²) in [6.07, 6.45) is -1.51. The van der Waals surface area contributed by atoms with Gasteiger partial charge in [0, 0.05) is 21.1 Å². The zero-order chi connectivity index (χ0) is 29.5. The SMILES string of the molecule is CC[C@H](C)[C@H]1C(=O)OCC(=O)N(C)[C@@H](C)C(=O)O[C@H](C)C(=O)N(C)[C@@H]([C@@H](C)CC)C(=O)O[C@H](C)C(=O)N1C. The van der Waals surface area contributed by atoms with Gasteiger partial charge < -0.3 is 28.9 Å². The molecule has 0 unspecified atom stereocenters. The van der Waals surface area contributed by atoms with E-state index in [2.05, 4.69) is 0 Å². The number of hydrogen-bond acceptors (Lipinski definition) is 9. The van der Waals surface area contributed by atoms with Crippen LogP contribution >= 0.6 is 0 Å². The van der Waals surface area contributed by atoms with E-state index >= 15 is 0 Å². The van der Waals surface area contributed by atoms with Gasteiger partial charge in [0.15, 0.2) is 18.8 Å². The maximum absolute atomic E-state index is 13.2. The zero-order valence-electron chi connectivity index (χ0n) is 24.2. The van der Waals surface area contributed by atoms with Gasteiger partial charge in [-0.05, 0) is 32.6 Å². The van der Waals surface area contributed by atoms with Crippen molar-refractivity contribution in [2.75, 3.05) is 27.7 Å². The average molecular weight is 542 g/mol. The minimum atomic E-state index is -1.27. The first-order valence-electron chi connectivity index (χ1n) is 13.0. The second kappa shape index (κ2) is 14.1. The standard InChI is InChI=1S/C26H43N3O9/c1-11-14(3)20-25(34)36-13-19(30)27(8)16(5)24(33)37-17(6)22(31)29(10)21(15(4)12-2)26(35)38-18(7)23(32)28(20)9/h14-18,20-21H,11-13H2,1-10H3/t14-,15-,16-,17+,18+,20-,21-/m0/s1. The van der Waals surface area contributed by atoms with Crippen LogP contribution in [0.5, 0.6) is 0 Å². The Morgan fingerprint density at radius 2 is 1.08 bits per heavy atom. The molecule has 1 heterocycles. The average Bonchev–Trinajstić information content (AvgIpc) is 2.88. The van der Waals surface area contributed by atoms with Crippen molar-refractivity contribution < 1.29 is 43.0 Å². The lowest BCUT2D eigenvalue weighted by Gasteiger charge is -2.35. The molecule has 1 rings (SSSR count). The van der Waals surface area contributed by atoms with E-state index in [4.69, 9.17) is 14.2 Å². The van der Waals surface area contributed by atoms with Gasteiger partial charge >= 0.3 is 17.9 Å². The minimum absolute atomic E-state index is 0.343. The first kappa shape index (κ1) is 32.8. The molecule has 1 aliphatic heterocycles. The molecule has 0 saturated carbocycles. The molecule has 0 radical (unpaired) electrons. The first-order valence-corrected chi connectivity index (χ1v) is 13.0. The van der Waals surface area contributed by atoms with Gasteiger partial charge in [0.1, 0.15) is 18.1 Å². The topological polar surface area (TPSA) is 140 Å². The fourth-order valence-electron chi connectivity index (χ4n) is 4.15. The number of rotatable bonds is 4. The van der Waals surface area contributed by atoms with E-state index in [0.717, 1.165) is 14.7 Å². The Hall–Kier alpha value is -3.18.